The number of aryl methyl sites for hydroxylation is 2. The van der Waals surface area contributed by atoms with Gasteiger partial charge < -0.3 is 16.4 Å². The Hall–Kier alpha value is -3.33. The lowest BCUT2D eigenvalue weighted by Gasteiger charge is -2.44. The highest BCUT2D eigenvalue weighted by Crippen LogP contribution is 2.41. The molecular formula is C22H23FN6OS. The van der Waals surface area contributed by atoms with Gasteiger partial charge in [-0.1, -0.05) is 24.3 Å². The number of carbonyl (C=O) groups is 1. The molecule has 0 atom stereocenters. The Morgan fingerprint density at radius 2 is 1.94 bits per heavy atom. The van der Waals surface area contributed by atoms with Crippen molar-refractivity contribution in [2.24, 2.45) is 10.7 Å². The number of hydrogen-bond donors (Lipinski definition) is 2. The number of aromatic nitrogens is 2. The second-order valence-corrected chi connectivity index (χ2v) is 8.65. The SMILES string of the molecule is CN=CC(=CN)c1ccc(C2(F)CN(C(=O)c3sc4nnc(C)c(C)c4c3N)C2)cc1. The van der Waals surface area contributed by atoms with Crippen LogP contribution in [0.15, 0.2) is 35.5 Å². The van der Waals surface area contributed by atoms with E-state index < -0.39 is 5.67 Å². The van der Waals surface area contributed by atoms with E-state index in [1.54, 1.807) is 37.5 Å². The maximum absolute atomic E-state index is 15.4. The molecular weight excluding hydrogens is 415 g/mol. The van der Waals surface area contributed by atoms with Crippen molar-refractivity contribution in [2.45, 2.75) is 19.5 Å². The van der Waals surface area contributed by atoms with Gasteiger partial charge in [0.05, 0.1) is 24.5 Å². The topological polar surface area (TPSA) is 110 Å². The fourth-order valence-corrected chi connectivity index (χ4v) is 4.81. The molecule has 0 unspecified atom stereocenters. The summed E-state index contributed by atoms with van der Waals surface area (Å²) in [6, 6.07) is 7.05. The van der Waals surface area contributed by atoms with Crippen LogP contribution in [0.25, 0.3) is 15.8 Å². The van der Waals surface area contributed by atoms with Crippen molar-refractivity contribution in [1.29, 1.82) is 0 Å². The molecule has 31 heavy (non-hydrogen) atoms. The van der Waals surface area contributed by atoms with E-state index in [-0.39, 0.29) is 19.0 Å². The number of alkyl halides is 1. The van der Waals surface area contributed by atoms with E-state index >= 15 is 4.39 Å². The molecule has 0 saturated carbocycles. The van der Waals surface area contributed by atoms with Crippen molar-refractivity contribution in [2.75, 3.05) is 25.9 Å². The summed E-state index contributed by atoms with van der Waals surface area (Å²) < 4.78 is 15.4. The number of thiophene rings is 1. The van der Waals surface area contributed by atoms with Gasteiger partial charge in [0.15, 0.2) is 5.67 Å². The van der Waals surface area contributed by atoms with Crippen molar-refractivity contribution in [3.05, 3.63) is 57.7 Å². The third kappa shape index (κ3) is 3.44. The van der Waals surface area contributed by atoms with Crippen molar-refractivity contribution >= 4 is 44.9 Å². The van der Waals surface area contributed by atoms with Crippen molar-refractivity contribution in [3.63, 3.8) is 0 Å². The van der Waals surface area contributed by atoms with Crippen LogP contribution in [-0.4, -0.2) is 47.4 Å². The molecule has 1 aliphatic heterocycles. The molecule has 1 saturated heterocycles. The summed E-state index contributed by atoms with van der Waals surface area (Å²) in [4.78, 5) is 19.4. The molecule has 0 spiro atoms. The van der Waals surface area contributed by atoms with Crippen LogP contribution >= 0.6 is 11.3 Å². The largest absolute Gasteiger partial charge is 0.404 e. The summed E-state index contributed by atoms with van der Waals surface area (Å²) >= 11 is 1.20. The minimum Gasteiger partial charge on any atom is -0.404 e. The van der Waals surface area contributed by atoms with E-state index in [1.165, 1.54) is 22.4 Å². The lowest BCUT2D eigenvalue weighted by molar-refractivity contribution is -0.0227. The number of halogens is 1. The summed E-state index contributed by atoms with van der Waals surface area (Å²) in [6.45, 7) is 3.69. The predicted molar refractivity (Wildman–Crippen MR) is 123 cm³/mol. The van der Waals surface area contributed by atoms with Crippen molar-refractivity contribution in [1.82, 2.24) is 15.1 Å². The van der Waals surface area contributed by atoms with Gasteiger partial charge in [-0.2, -0.15) is 5.10 Å². The molecule has 0 aliphatic carbocycles. The quantitative estimate of drug-likeness (QED) is 0.608. The Morgan fingerprint density at radius 1 is 1.26 bits per heavy atom. The monoisotopic (exact) mass is 438 g/mol. The first-order valence-corrected chi connectivity index (χ1v) is 10.6. The van der Waals surface area contributed by atoms with Crippen LogP contribution in [0, 0.1) is 13.8 Å². The number of amides is 1. The number of allylic oxidation sites excluding steroid dienone is 1. The van der Waals surface area contributed by atoms with Gasteiger partial charge in [0.1, 0.15) is 9.71 Å². The van der Waals surface area contributed by atoms with Gasteiger partial charge in [-0.3, -0.25) is 9.79 Å². The Bertz CT molecular complexity index is 1230. The first kappa shape index (κ1) is 20.9. The van der Waals surface area contributed by atoms with Crippen LogP contribution in [0.3, 0.4) is 0 Å². The van der Waals surface area contributed by atoms with Crippen LogP contribution < -0.4 is 11.5 Å². The van der Waals surface area contributed by atoms with Crippen LogP contribution in [0.5, 0.6) is 0 Å². The molecule has 160 valence electrons. The third-order valence-electron chi connectivity index (χ3n) is 5.68. The maximum Gasteiger partial charge on any atom is 0.266 e. The van der Waals surface area contributed by atoms with E-state index in [1.807, 2.05) is 13.8 Å². The number of nitrogen functional groups attached to an aromatic ring is 1. The van der Waals surface area contributed by atoms with E-state index in [2.05, 4.69) is 15.2 Å². The highest BCUT2D eigenvalue weighted by Gasteiger charge is 2.48. The van der Waals surface area contributed by atoms with E-state index in [4.69, 9.17) is 11.5 Å². The molecule has 1 fully saturated rings. The first-order valence-electron chi connectivity index (χ1n) is 9.74. The molecule has 1 amide bonds. The lowest BCUT2D eigenvalue weighted by atomic mass is 9.87. The zero-order valence-corrected chi connectivity index (χ0v) is 18.3. The van der Waals surface area contributed by atoms with Gasteiger partial charge >= 0.3 is 0 Å². The maximum atomic E-state index is 15.4. The minimum atomic E-state index is -1.60. The van der Waals surface area contributed by atoms with Gasteiger partial charge in [0, 0.05) is 30.4 Å². The fraction of sp³-hybridized carbons (Fsp3) is 0.273. The normalized spacial score (nSPS) is 16.1. The number of anilines is 1. The Labute approximate surface area is 183 Å². The highest BCUT2D eigenvalue weighted by atomic mass is 32.1. The molecule has 7 nitrogen and oxygen atoms in total. The molecule has 3 aromatic rings. The first-order chi connectivity index (χ1) is 14.8. The molecule has 3 heterocycles. The van der Waals surface area contributed by atoms with E-state index in [0.717, 1.165) is 27.8 Å². The number of nitrogens with two attached hydrogens (primary N) is 2. The number of carbonyl (C=O) groups excluding carboxylic acids is 1. The second kappa shape index (κ2) is 7.73. The number of fused-ring (bicyclic) bond motifs is 1. The zero-order valence-electron chi connectivity index (χ0n) is 17.5. The predicted octanol–water partition coefficient (Wildman–Crippen LogP) is 3.21. The summed E-state index contributed by atoms with van der Waals surface area (Å²) in [6.07, 6.45) is 3.10. The number of aliphatic imine (C=N–C) groups is 1. The Morgan fingerprint density at radius 3 is 2.55 bits per heavy atom. The average Bonchev–Trinajstić information content (AvgIpc) is 3.09. The second-order valence-electron chi connectivity index (χ2n) is 7.65. The smallest absolute Gasteiger partial charge is 0.266 e. The van der Waals surface area contributed by atoms with Crippen LogP contribution in [0.4, 0.5) is 10.1 Å². The zero-order chi connectivity index (χ0) is 22.3. The number of likely N-dealkylation sites (tertiary alicyclic amines) is 1. The molecule has 1 aliphatic rings. The molecule has 4 rings (SSSR count). The molecule has 9 heteroatoms. The number of rotatable bonds is 4. The van der Waals surface area contributed by atoms with E-state index in [9.17, 15) is 4.79 Å². The van der Waals surface area contributed by atoms with Gasteiger partial charge in [-0.15, -0.1) is 16.4 Å². The van der Waals surface area contributed by atoms with Crippen molar-refractivity contribution in [3.8, 4) is 0 Å². The molecule has 4 N–H and O–H groups in total. The van der Waals surface area contributed by atoms with Crippen molar-refractivity contribution < 1.29 is 9.18 Å². The Balaban J connectivity index is 1.53. The van der Waals surface area contributed by atoms with Crippen LogP contribution in [0.1, 0.15) is 32.1 Å². The molecule has 2 aromatic heterocycles. The summed E-state index contributed by atoms with van der Waals surface area (Å²) in [5, 5.41) is 9.00. The van der Waals surface area contributed by atoms with E-state index in [0.29, 0.717) is 21.0 Å². The number of nitrogens with zero attached hydrogens (tertiary/aromatic N) is 4. The van der Waals surface area contributed by atoms with Gasteiger partial charge in [0.25, 0.3) is 5.91 Å². The van der Waals surface area contributed by atoms with Crippen LogP contribution in [0.2, 0.25) is 0 Å². The Kier molecular flexibility index (Phi) is 5.22. The van der Waals surface area contributed by atoms with Gasteiger partial charge in [-0.25, -0.2) is 4.39 Å². The number of hydrogen-bond acceptors (Lipinski definition) is 7. The summed E-state index contributed by atoms with van der Waals surface area (Å²) in [7, 11) is 1.66. The highest BCUT2D eigenvalue weighted by molar-refractivity contribution is 7.21. The summed E-state index contributed by atoms with van der Waals surface area (Å²) in [5.74, 6) is -0.282. The lowest BCUT2D eigenvalue weighted by Crippen LogP contribution is -2.58. The van der Waals surface area contributed by atoms with Crippen LogP contribution in [-0.2, 0) is 5.67 Å². The molecule has 0 radical (unpaired) electrons. The molecule has 0 bridgehead atoms. The summed E-state index contributed by atoms with van der Waals surface area (Å²) in [5.41, 5.74) is 14.5. The van der Waals surface area contributed by atoms with Gasteiger partial charge in [0.2, 0.25) is 0 Å². The number of benzene rings is 1. The standard InChI is InChI=1S/C22H23FN6OS/c1-12-13(2)27-28-20-17(12)18(25)19(31-20)21(30)29-10-22(23,11-29)16-6-4-14(5-7-16)15(8-24)9-26-3/h4-9H,10-11,24-25H2,1-3H3. The third-order valence-corrected chi connectivity index (χ3v) is 6.76. The van der Waals surface area contributed by atoms with Gasteiger partial charge in [-0.05, 0) is 30.5 Å². The average molecular weight is 439 g/mol. The molecule has 1 aromatic carbocycles. The fourth-order valence-electron chi connectivity index (χ4n) is 3.74. The minimum absolute atomic E-state index is 0.0292.